The maximum atomic E-state index is 9.32. The third-order valence-corrected chi connectivity index (χ3v) is 3.26. The molecule has 0 saturated carbocycles. The minimum atomic E-state index is 0.0933. The van der Waals surface area contributed by atoms with Crippen LogP contribution in [0.1, 0.15) is 16.7 Å². The lowest BCUT2D eigenvalue weighted by Crippen LogP contribution is -1.94. The van der Waals surface area contributed by atoms with Gasteiger partial charge in [0, 0.05) is 0 Å². The Morgan fingerprint density at radius 2 is 1.67 bits per heavy atom. The highest BCUT2D eigenvalue weighted by atomic mass is 16.5. The lowest BCUT2D eigenvalue weighted by Gasteiger charge is -2.11. The van der Waals surface area contributed by atoms with E-state index in [0.29, 0.717) is 0 Å². The molecule has 0 spiro atoms. The Balaban J connectivity index is 2.51. The van der Waals surface area contributed by atoms with Crippen LogP contribution < -0.4 is 4.74 Å². The molecular weight excluding hydrogens is 224 g/mol. The van der Waals surface area contributed by atoms with E-state index < -0.39 is 0 Å². The Bertz CT molecular complexity index is 536. The van der Waals surface area contributed by atoms with E-state index in [1.807, 2.05) is 32.0 Å². The normalized spacial score (nSPS) is 10.4. The van der Waals surface area contributed by atoms with Crippen molar-refractivity contribution in [2.45, 2.75) is 20.5 Å². The van der Waals surface area contributed by atoms with Crippen LogP contribution in [0.5, 0.6) is 5.75 Å². The van der Waals surface area contributed by atoms with Gasteiger partial charge in [-0.25, -0.2) is 0 Å². The van der Waals surface area contributed by atoms with Gasteiger partial charge in [-0.05, 0) is 53.8 Å². The van der Waals surface area contributed by atoms with E-state index in [2.05, 4.69) is 18.2 Å². The van der Waals surface area contributed by atoms with Crippen LogP contribution in [0.2, 0.25) is 0 Å². The van der Waals surface area contributed by atoms with Crippen molar-refractivity contribution < 1.29 is 9.84 Å². The van der Waals surface area contributed by atoms with Crippen molar-refractivity contribution in [3.63, 3.8) is 0 Å². The zero-order valence-corrected chi connectivity index (χ0v) is 11.0. The fourth-order valence-corrected chi connectivity index (χ4v) is 2.21. The number of aliphatic hydroxyl groups is 1. The summed E-state index contributed by atoms with van der Waals surface area (Å²) in [5.41, 5.74) is 5.54. The van der Waals surface area contributed by atoms with E-state index in [4.69, 9.17) is 4.74 Å². The number of methoxy groups -OCH3 is 1. The highest BCUT2D eigenvalue weighted by Gasteiger charge is 2.06. The molecule has 0 aromatic heterocycles. The molecule has 0 aliphatic rings. The zero-order chi connectivity index (χ0) is 13.1. The topological polar surface area (TPSA) is 29.5 Å². The molecule has 0 amide bonds. The second kappa shape index (κ2) is 5.23. The number of hydrogen-bond acceptors (Lipinski definition) is 2. The first kappa shape index (κ1) is 12.7. The molecule has 0 atom stereocenters. The Labute approximate surface area is 108 Å². The first-order valence-corrected chi connectivity index (χ1v) is 6.01. The first-order chi connectivity index (χ1) is 8.65. The molecule has 2 heteroatoms. The number of hydrogen-bond donors (Lipinski definition) is 1. The molecular formula is C16H18O2. The van der Waals surface area contributed by atoms with Crippen molar-refractivity contribution in [1.29, 1.82) is 0 Å². The first-order valence-electron chi connectivity index (χ1n) is 6.01. The second-order valence-corrected chi connectivity index (χ2v) is 4.48. The number of rotatable bonds is 3. The number of aryl methyl sites for hydroxylation is 2. The molecule has 94 valence electrons. The van der Waals surface area contributed by atoms with Crippen LogP contribution in [0.25, 0.3) is 11.1 Å². The minimum absolute atomic E-state index is 0.0933. The fraction of sp³-hybridized carbons (Fsp3) is 0.250. The van der Waals surface area contributed by atoms with E-state index in [1.54, 1.807) is 7.11 Å². The van der Waals surface area contributed by atoms with Crippen molar-refractivity contribution >= 4 is 0 Å². The molecule has 2 aromatic rings. The smallest absolute Gasteiger partial charge is 0.119 e. The van der Waals surface area contributed by atoms with Crippen LogP contribution in [0, 0.1) is 13.8 Å². The zero-order valence-electron chi connectivity index (χ0n) is 11.0. The maximum absolute atomic E-state index is 9.32. The molecule has 0 fully saturated rings. The number of aliphatic hydroxyl groups excluding tert-OH is 1. The monoisotopic (exact) mass is 242 g/mol. The summed E-state index contributed by atoms with van der Waals surface area (Å²) in [5, 5.41) is 9.32. The highest BCUT2D eigenvalue weighted by molar-refractivity contribution is 5.67. The third kappa shape index (κ3) is 2.39. The molecule has 0 aliphatic heterocycles. The Morgan fingerprint density at radius 3 is 2.22 bits per heavy atom. The van der Waals surface area contributed by atoms with Crippen LogP contribution in [0.15, 0.2) is 36.4 Å². The maximum Gasteiger partial charge on any atom is 0.119 e. The van der Waals surface area contributed by atoms with E-state index in [1.165, 1.54) is 0 Å². The average molecular weight is 242 g/mol. The van der Waals surface area contributed by atoms with Gasteiger partial charge < -0.3 is 9.84 Å². The third-order valence-electron chi connectivity index (χ3n) is 3.26. The van der Waals surface area contributed by atoms with Gasteiger partial charge >= 0.3 is 0 Å². The highest BCUT2D eigenvalue weighted by Crippen LogP contribution is 2.27. The lowest BCUT2D eigenvalue weighted by molar-refractivity contribution is 0.280. The summed E-state index contributed by atoms with van der Waals surface area (Å²) < 4.78 is 5.24. The number of benzene rings is 2. The van der Waals surface area contributed by atoms with Crippen LogP contribution in [-0.2, 0) is 6.61 Å². The Morgan fingerprint density at radius 1 is 1.00 bits per heavy atom. The van der Waals surface area contributed by atoms with Gasteiger partial charge in [-0.15, -0.1) is 0 Å². The predicted molar refractivity (Wildman–Crippen MR) is 73.8 cm³/mol. The van der Waals surface area contributed by atoms with Crippen molar-refractivity contribution in [2.24, 2.45) is 0 Å². The van der Waals surface area contributed by atoms with Crippen LogP contribution in [-0.4, -0.2) is 12.2 Å². The quantitative estimate of drug-likeness (QED) is 0.893. The molecule has 0 aliphatic carbocycles. The number of ether oxygens (including phenoxy) is 1. The van der Waals surface area contributed by atoms with Crippen molar-refractivity contribution in [1.82, 2.24) is 0 Å². The van der Waals surface area contributed by atoms with Gasteiger partial charge in [0.25, 0.3) is 0 Å². The molecule has 0 heterocycles. The summed E-state index contributed by atoms with van der Waals surface area (Å²) in [6, 6.07) is 12.2. The summed E-state index contributed by atoms with van der Waals surface area (Å²) in [5.74, 6) is 0.856. The molecule has 0 saturated heterocycles. The van der Waals surface area contributed by atoms with Crippen molar-refractivity contribution in [3.05, 3.63) is 53.1 Å². The Hall–Kier alpha value is -1.80. The lowest BCUT2D eigenvalue weighted by atomic mass is 9.96. The average Bonchev–Trinajstić information content (AvgIpc) is 2.38. The summed E-state index contributed by atoms with van der Waals surface area (Å²) in [4.78, 5) is 0. The van der Waals surface area contributed by atoms with E-state index >= 15 is 0 Å². The van der Waals surface area contributed by atoms with Gasteiger partial charge in [0.05, 0.1) is 13.7 Å². The molecule has 2 nitrogen and oxygen atoms in total. The molecule has 2 rings (SSSR count). The van der Waals surface area contributed by atoms with E-state index in [9.17, 15) is 5.11 Å². The van der Waals surface area contributed by atoms with Gasteiger partial charge in [0.1, 0.15) is 5.75 Å². The van der Waals surface area contributed by atoms with Gasteiger partial charge in [0.15, 0.2) is 0 Å². The standard InChI is InChI=1S/C16H18O2/c1-11-7-14(8-12(2)16(11)10-17)13-5-4-6-15(9-13)18-3/h4-9,17H,10H2,1-3H3. The molecule has 0 unspecified atom stereocenters. The summed E-state index contributed by atoms with van der Waals surface area (Å²) in [6.07, 6.45) is 0. The van der Waals surface area contributed by atoms with E-state index in [-0.39, 0.29) is 6.61 Å². The van der Waals surface area contributed by atoms with Crippen molar-refractivity contribution in [2.75, 3.05) is 7.11 Å². The summed E-state index contributed by atoms with van der Waals surface area (Å²) in [7, 11) is 1.67. The molecule has 2 aromatic carbocycles. The van der Waals surface area contributed by atoms with Gasteiger partial charge in [-0.1, -0.05) is 24.3 Å². The van der Waals surface area contributed by atoms with Gasteiger partial charge in [-0.3, -0.25) is 0 Å². The molecule has 1 N–H and O–H groups in total. The predicted octanol–water partition coefficient (Wildman–Crippen LogP) is 3.47. The van der Waals surface area contributed by atoms with Crippen LogP contribution in [0.3, 0.4) is 0 Å². The summed E-state index contributed by atoms with van der Waals surface area (Å²) >= 11 is 0. The Kier molecular flexibility index (Phi) is 3.68. The van der Waals surface area contributed by atoms with Crippen molar-refractivity contribution in [3.8, 4) is 16.9 Å². The van der Waals surface area contributed by atoms with Gasteiger partial charge in [-0.2, -0.15) is 0 Å². The minimum Gasteiger partial charge on any atom is -0.497 e. The largest absolute Gasteiger partial charge is 0.497 e. The fourth-order valence-electron chi connectivity index (χ4n) is 2.21. The second-order valence-electron chi connectivity index (χ2n) is 4.48. The molecule has 0 bridgehead atoms. The summed E-state index contributed by atoms with van der Waals surface area (Å²) in [6.45, 7) is 4.15. The molecule has 0 radical (unpaired) electrons. The van der Waals surface area contributed by atoms with Crippen LogP contribution in [0.4, 0.5) is 0 Å². The molecule has 18 heavy (non-hydrogen) atoms. The SMILES string of the molecule is COc1cccc(-c2cc(C)c(CO)c(C)c2)c1. The van der Waals surface area contributed by atoms with E-state index in [0.717, 1.165) is 33.6 Å². The van der Waals surface area contributed by atoms with Gasteiger partial charge in [0.2, 0.25) is 0 Å². The van der Waals surface area contributed by atoms with Crippen LogP contribution >= 0.6 is 0 Å².